The molecule has 0 heterocycles. The van der Waals surface area contributed by atoms with E-state index in [-0.39, 0.29) is 37.1 Å². The Morgan fingerprint density at radius 1 is 1.24 bits per heavy atom. The maximum atomic E-state index is 12.8. The fraction of sp³-hybridized carbons (Fsp3) is 0.654. The lowest BCUT2D eigenvalue weighted by atomic mass is 10.00. The number of esters is 1. The topological polar surface area (TPSA) is 76.0 Å². The largest absolute Gasteiger partial charge is 0.463 e. The predicted octanol–water partition coefficient (Wildman–Crippen LogP) is 5.22. The number of carbonyl (C=O) groups excluding carboxylic acids is 1. The summed E-state index contributed by atoms with van der Waals surface area (Å²) in [7, 11) is 0. The Morgan fingerprint density at radius 3 is 2.71 bits per heavy atom. The van der Waals surface area contributed by atoms with Crippen LogP contribution in [0.1, 0.15) is 69.9 Å². The molecule has 8 heteroatoms. The molecule has 0 aromatic heterocycles. The first kappa shape index (κ1) is 28.3. The van der Waals surface area contributed by atoms with Crippen molar-refractivity contribution in [2.24, 2.45) is 5.92 Å². The Kier molecular flexibility index (Phi) is 11.5. The van der Waals surface area contributed by atoms with Crippen molar-refractivity contribution in [3.63, 3.8) is 0 Å². The minimum Gasteiger partial charge on any atom is -0.463 e. The molecule has 0 amide bonds. The van der Waals surface area contributed by atoms with E-state index in [2.05, 4.69) is 0 Å². The van der Waals surface area contributed by atoms with Crippen molar-refractivity contribution >= 4 is 5.97 Å². The van der Waals surface area contributed by atoms with Crippen molar-refractivity contribution in [1.29, 1.82) is 0 Å². The third kappa shape index (κ3) is 10.2. The summed E-state index contributed by atoms with van der Waals surface area (Å²) in [6.07, 6.45) is 2.38. The quantitative estimate of drug-likeness (QED) is 0.227. The zero-order valence-electron chi connectivity index (χ0n) is 20.0. The van der Waals surface area contributed by atoms with E-state index < -0.39 is 23.9 Å². The van der Waals surface area contributed by atoms with Gasteiger partial charge in [-0.25, -0.2) is 0 Å². The third-order valence-corrected chi connectivity index (χ3v) is 5.90. The van der Waals surface area contributed by atoms with Gasteiger partial charge in [0.1, 0.15) is 0 Å². The molecule has 1 aliphatic carbocycles. The first-order chi connectivity index (χ1) is 16.1. The molecule has 2 rings (SSSR count). The molecule has 0 saturated heterocycles. The number of aliphatic hydroxyl groups excluding tert-OH is 2. The van der Waals surface area contributed by atoms with E-state index in [0.29, 0.717) is 31.2 Å². The highest BCUT2D eigenvalue weighted by Gasteiger charge is 2.35. The summed E-state index contributed by atoms with van der Waals surface area (Å²) in [5.41, 5.74) is -0.188. The van der Waals surface area contributed by atoms with E-state index in [1.807, 2.05) is 26.0 Å². The Labute approximate surface area is 200 Å². The van der Waals surface area contributed by atoms with Crippen molar-refractivity contribution in [3.8, 4) is 0 Å². The number of alkyl halides is 3. The van der Waals surface area contributed by atoms with Gasteiger partial charge in [0.2, 0.25) is 0 Å². The van der Waals surface area contributed by atoms with Crippen LogP contribution >= 0.6 is 0 Å². The summed E-state index contributed by atoms with van der Waals surface area (Å²) >= 11 is 0. The molecule has 192 valence electrons. The number of hydrogen-bond acceptors (Lipinski definition) is 5. The zero-order valence-corrected chi connectivity index (χ0v) is 20.0. The molecule has 4 atom stereocenters. The minimum absolute atomic E-state index is 0.0267. The minimum atomic E-state index is -4.39. The number of aliphatic hydroxyl groups is 2. The van der Waals surface area contributed by atoms with Gasteiger partial charge in [-0.05, 0) is 76.3 Å². The number of ether oxygens (including phenoxy) is 2. The molecule has 0 unspecified atom stereocenters. The van der Waals surface area contributed by atoms with Gasteiger partial charge < -0.3 is 19.7 Å². The van der Waals surface area contributed by atoms with Crippen molar-refractivity contribution in [1.82, 2.24) is 0 Å². The second-order valence-corrected chi connectivity index (χ2v) is 9.23. The van der Waals surface area contributed by atoms with Gasteiger partial charge >= 0.3 is 12.1 Å². The Bertz CT molecular complexity index is 778. The number of halogens is 3. The molecule has 5 nitrogen and oxygen atoms in total. The van der Waals surface area contributed by atoms with Crippen LogP contribution in [0.5, 0.6) is 0 Å². The number of benzene rings is 1. The molecule has 0 spiro atoms. The lowest BCUT2D eigenvalue weighted by Crippen LogP contribution is -2.32. The second kappa shape index (κ2) is 13.9. The Morgan fingerprint density at radius 2 is 2.00 bits per heavy atom. The van der Waals surface area contributed by atoms with E-state index in [1.165, 1.54) is 6.07 Å². The van der Waals surface area contributed by atoms with Gasteiger partial charge in [0.05, 0.1) is 36.6 Å². The smallest absolute Gasteiger partial charge is 0.416 e. The predicted molar refractivity (Wildman–Crippen MR) is 123 cm³/mol. The molecule has 1 aromatic carbocycles. The van der Waals surface area contributed by atoms with Gasteiger partial charge in [0.15, 0.2) is 0 Å². The van der Waals surface area contributed by atoms with Crippen molar-refractivity contribution in [2.75, 3.05) is 6.61 Å². The van der Waals surface area contributed by atoms with Gasteiger partial charge in [0.25, 0.3) is 0 Å². The Hall–Kier alpha value is -1.90. The van der Waals surface area contributed by atoms with Crippen LogP contribution in [0.15, 0.2) is 36.4 Å². The average Bonchev–Trinajstić information content (AvgIpc) is 3.11. The van der Waals surface area contributed by atoms with Crippen LogP contribution in [-0.2, 0) is 26.9 Å². The van der Waals surface area contributed by atoms with Crippen LogP contribution < -0.4 is 0 Å². The second-order valence-electron chi connectivity index (χ2n) is 9.23. The first-order valence-electron chi connectivity index (χ1n) is 12.0. The van der Waals surface area contributed by atoms with Gasteiger partial charge in [-0.15, -0.1) is 0 Å². The van der Waals surface area contributed by atoms with E-state index in [4.69, 9.17) is 9.47 Å². The lowest BCUT2D eigenvalue weighted by molar-refractivity contribution is -0.147. The number of hydrogen-bond donors (Lipinski definition) is 2. The highest BCUT2D eigenvalue weighted by molar-refractivity contribution is 5.69. The van der Waals surface area contributed by atoms with Crippen molar-refractivity contribution < 1.29 is 37.7 Å². The molecular formula is C26H37F3O5. The summed E-state index contributed by atoms with van der Waals surface area (Å²) in [5, 5.41) is 20.5. The van der Waals surface area contributed by atoms with Gasteiger partial charge in [0, 0.05) is 6.42 Å². The number of rotatable bonds is 13. The SMILES string of the molecule is CC(C)OC(=O)CCC/C=C\C[C@H]1CC[C@@H](O)[C@@H]1OC[C@H](O)CCc1cccc(C(F)(F)F)c1. The maximum absolute atomic E-state index is 12.8. The molecule has 1 aromatic rings. The summed E-state index contributed by atoms with van der Waals surface area (Å²) in [4.78, 5) is 11.5. The number of allylic oxidation sites excluding steroid dienone is 2. The van der Waals surface area contributed by atoms with Gasteiger partial charge in [-0.1, -0.05) is 30.4 Å². The summed E-state index contributed by atoms with van der Waals surface area (Å²) in [5.74, 6) is -0.0600. The normalized spacial score (nSPS) is 21.9. The van der Waals surface area contributed by atoms with Crippen LogP contribution in [-0.4, -0.2) is 47.2 Å². The lowest BCUT2D eigenvalue weighted by Gasteiger charge is -2.23. The van der Waals surface area contributed by atoms with E-state index >= 15 is 0 Å². The molecule has 0 radical (unpaired) electrons. The molecule has 0 bridgehead atoms. The van der Waals surface area contributed by atoms with Crippen LogP contribution in [0, 0.1) is 5.92 Å². The maximum Gasteiger partial charge on any atom is 0.416 e. The molecule has 1 saturated carbocycles. The monoisotopic (exact) mass is 486 g/mol. The molecular weight excluding hydrogens is 449 g/mol. The number of aryl methyl sites for hydroxylation is 1. The van der Waals surface area contributed by atoms with Crippen LogP contribution in [0.25, 0.3) is 0 Å². The fourth-order valence-corrected chi connectivity index (χ4v) is 4.14. The van der Waals surface area contributed by atoms with Gasteiger partial charge in [-0.2, -0.15) is 13.2 Å². The van der Waals surface area contributed by atoms with Crippen LogP contribution in [0.4, 0.5) is 13.2 Å². The number of unbranched alkanes of at least 4 members (excludes halogenated alkanes) is 1. The van der Waals surface area contributed by atoms with Crippen LogP contribution in [0.2, 0.25) is 0 Å². The average molecular weight is 487 g/mol. The third-order valence-electron chi connectivity index (χ3n) is 5.90. The van der Waals surface area contributed by atoms with E-state index in [9.17, 15) is 28.2 Å². The highest BCUT2D eigenvalue weighted by Crippen LogP contribution is 2.32. The highest BCUT2D eigenvalue weighted by atomic mass is 19.4. The van der Waals surface area contributed by atoms with Crippen LogP contribution in [0.3, 0.4) is 0 Å². The van der Waals surface area contributed by atoms with E-state index in [0.717, 1.165) is 31.4 Å². The molecule has 2 N–H and O–H groups in total. The zero-order chi connectivity index (χ0) is 25.1. The molecule has 1 fully saturated rings. The van der Waals surface area contributed by atoms with Crippen molar-refractivity contribution in [2.45, 2.75) is 95.8 Å². The van der Waals surface area contributed by atoms with Gasteiger partial charge in [-0.3, -0.25) is 4.79 Å². The molecule has 34 heavy (non-hydrogen) atoms. The molecule has 1 aliphatic rings. The standard InChI is InChI=1S/C26H37F3O5/c1-18(2)34-24(32)11-6-4-3-5-9-20-13-15-23(31)25(20)33-17-22(30)14-12-19-8-7-10-21(16-19)26(27,28)29/h3,5,7-8,10,16,18,20,22-23,25,30-31H,4,6,9,11-15,17H2,1-2H3/b5-3-/t20-,22+,23+,25+/m0/s1. The Balaban J connectivity index is 1.70. The number of carbonyl (C=O) groups is 1. The van der Waals surface area contributed by atoms with E-state index in [1.54, 1.807) is 6.07 Å². The molecule has 0 aliphatic heterocycles. The fourth-order valence-electron chi connectivity index (χ4n) is 4.14. The first-order valence-corrected chi connectivity index (χ1v) is 12.0. The van der Waals surface area contributed by atoms with Crippen molar-refractivity contribution in [3.05, 3.63) is 47.5 Å². The summed E-state index contributed by atoms with van der Waals surface area (Å²) in [6, 6.07) is 5.11. The summed E-state index contributed by atoms with van der Waals surface area (Å²) in [6.45, 7) is 3.67. The summed E-state index contributed by atoms with van der Waals surface area (Å²) < 4.78 is 49.4.